The molecule has 2 rings (SSSR count). The highest BCUT2D eigenvalue weighted by molar-refractivity contribution is 5.90. The molecular formula is C13H19FN4O. The Labute approximate surface area is 112 Å². The number of hydrogen-bond acceptors (Lipinski definition) is 4. The van der Waals surface area contributed by atoms with Crippen LogP contribution in [0.3, 0.4) is 0 Å². The first-order chi connectivity index (χ1) is 9.33. The molecular weight excluding hydrogens is 247 g/mol. The molecule has 0 spiro atoms. The number of aliphatic imine (C=N–C) groups is 2. The van der Waals surface area contributed by atoms with Crippen LogP contribution in [0.4, 0.5) is 4.39 Å². The summed E-state index contributed by atoms with van der Waals surface area (Å²) in [4.78, 5) is 20.0. The van der Waals surface area contributed by atoms with E-state index in [1.165, 1.54) is 19.1 Å². The predicted molar refractivity (Wildman–Crippen MR) is 74.4 cm³/mol. The average Bonchev–Trinajstić information content (AvgIpc) is 2.96. The number of nitrogens with zero attached hydrogens (tertiary/aromatic N) is 4. The van der Waals surface area contributed by atoms with Crippen molar-refractivity contribution < 1.29 is 4.39 Å². The fourth-order valence-corrected chi connectivity index (χ4v) is 2.72. The summed E-state index contributed by atoms with van der Waals surface area (Å²) in [7, 11) is 0. The Morgan fingerprint density at radius 3 is 3.21 bits per heavy atom. The molecule has 1 saturated heterocycles. The summed E-state index contributed by atoms with van der Waals surface area (Å²) in [6.07, 6.45) is 6.81. The van der Waals surface area contributed by atoms with Gasteiger partial charge in [0.25, 0.3) is 0 Å². The van der Waals surface area contributed by atoms with Gasteiger partial charge < -0.3 is 0 Å². The summed E-state index contributed by atoms with van der Waals surface area (Å²) in [5, 5.41) is 2.68. The molecule has 0 aromatic rings. The van der Waals surface area contributed by atoms with Gasteiger partial charge in [0, 0.05) is 32.3 Å². The van der Waals surface area contributed by atoms with Gasteiger partial charge in [0.15, 0.2) is 6.80 Å². The number of rotatable bonds is 6. The molecule has 0 saturated carbocycles. The van der Waals surface area contributed by atoms with E-state index < -0.39 is 6.80 Å². The van der Waals surface area contributed by atoms with E-state index >= 15 is 0 Å². The second-order valence-electron chi connectivity index (χ2n) is 4.86. The van der Waals surface area contributed by atoms with Gasteiger partial charge in [0.05, 0.1) is 0 Å². The first-order valence-electron chi connectivity index (χ1n) is 6.65. The molecule has 5 nitrogen and oxygen atoms in total. The molecule has 104 valence electrons. The Morgan fingerprint density at radius 2 is 2.47 bits per heavy atom. The number of fused-ring (bicyclic) bond motifs is 1. The Kier molecular flexibility index (Phi) is 5.32. The number of allylic oxidation sites excluding steroid dienone is 1. The summed E-state index contributed by atoms with van der Waals surface area (Å²) in [6, 6.07) is 0. The van der Waals surface area contributed by atoms with Gasteiger partial charge in [0.2, 0.25) is 0 Å². The number of nitroso groups, excluding NO2 is 1. The lowest BCUT2D eigenvalue weighted by atomic mass is 10.1. The van der Waals surface area contributed by atoms with Crippen LogP contribution in [0.15, 0.2) is 26.8 Å². The van der Waals surface area contributed by atoms with E-state index in [1.54, 1.807) is 5.57 Å². The highest BCUT2D eigenvalue weighted by Gasteiger charge is 2.29. The van der Waals surface area contributed by atoms with E-state index in [9.17, 15) is 9.30 Å². The number of amidine groups is 1. The maximum atomic E-state index is 12.3. The standard InChI is InChI=1S/C13H19FN4O/c14-10-16-13(15-5-6-17-19)4-7-18-8-11-2-1-3-12(11)9-18/h2,5,12H,1,3-4,6-10H2. The third-order valence-electron chi connectivity index (χ3n) is 3.62. The molecule has 1 unspecified atom stereocenters. The van der Waals surface area contributed by atoms with Crippen LogP contribution >= 0.6 is 0 Å². The van der Waals surface area contributed by atoms with Gasteiger partial charge in [-0.1, -0.05) is 16.8 Å². The topological polar surface area (TPSA) is 57.4 Å². The zero-order chi connectivity index (χ0) is 13.5. The normalized spacial score (nSPS) is 23.9. The quantitative estimate of drug-likeness (QED) is 0.243. The largest absolute Gasteiger partial charge is 0.298 e. The molecule has 0 aromatic carbocycles. The van der Waals surface area contributed by atoms with E-state index in [0.29, 0.717) is 12.3 Å². The van der Waals surface area contributed by atoms with Gasteiger partial charge >= 0.3 is 0 Å². The van der Waals surface area contributed by atoms with Gasteiger partial charge in [0.1, 0.15) is 12.4 Å². The molecule has 0 aromatic heterocycles. The van der Waals surface area contributed by atoms with Crippen LogP contribution in [0, 0.1) is 10.8 Å². The van der Waals surface area contributed by atoms with E-state index in [-0.39, 0.29) is 6.54 Å². The second kappa shape index (κ2) is 7.23. The molecule has 19 heavy (non-hydrogen) atoms. The molecule has 0 radical (unpaired) electrons. The van der Waals surface area contributed by atoms with Crippen LogP contribution in [-0.4, -0.2) is 49.9 Å². The SMILES string of the molecule is O=NCC=NC(CCN1CC2=CCCC2C1)=NCF. The van der Waals surface area contributed by atoms with Crippen molar-refractivity contribution in [1.29, 1.82) is 0 Å². The van der Waals surface area contributed by atoms with Crippen molar-refractivity contribution in [3.63, 3.8) is 0 Å². The van der Waals surface area contributed by atoms with Crippen LogP contribution in [0.2, 0.25) is 0 Å². The van der Waals surface area contributed by atoms with Crippen molar-refractivity contribution in [2.75, 3.05) is 33.0 Å². The predicted octanol–water partition coefficient (Wildman–Crippen LogP) is 2.19. The maximum Gasteiger partial charge on any atom is 0.181 e. The number of alkyl halides is 1. The highest BCUT2D eigenvalue weighted by Crippen LogP contribution is 2.32. The third-order valence-corrected chi connectivity index (χ3v) is 3.62. The summed E-state index contributed by atoms with van der Waals surface area (Å²) in [6.45, 7) is 2.18. The van der Waals surface area contributed by atoms with Gasteiger partial charge in [-0.3, -0.25) is 4.90 Å². The lowest BCUT2D eigenvalue weighted by Crippen LogP contribution is -2.24. The lowest BCUT2D eigenvalue weighted by Gasteiger charge is -2.15. The van der Waals surface area contributed by atoms with Gasteiger partial charge in [-0.25, -0.2) is 14.4 Å². The van der Waals surface area contributed by atoms with Crippen molar-refractivity contribution in [2.24, 2.45) is 21.1 Å². The van der Waals surface area contributed by atoms with E-state index in [1.807, 2.05) is 0 Å². The molecule has 0 N–H and O–H groups in total. The molecule has 1 aliphatic heterocycles. The van der Waals surface area contributed by atoms with E-state index in [2.05, 4.69) is 26.1 Å². The van der Waals surface area contributed by atoms with Crippen LogP contribution in [0.1, 0.15) is 19.3 Å². The minimum Gasteiger partial charge on any atom is -0.298 e. The highest BCUT2D eigenvalue weighted by atomic mass is 19.1. The fourth-order valence-electron chi connectivity index (χ4n) is 2.72. The maximum absolute atomic E-state index is 12.3. The second-order valence-corrected chi connectivity index (χ2v) is 4.86. The Bertz CT molecular complexity index is 405. The minimum atomic E-state index is -0.769. The van der Waals surface area contributed by atoms with Crippen LogP contribution in [0.25, 0.3) is 0 Å². The molecule has 1 atom stereocenters. The summed E-state index contributed by atoms with van der Waals surface area (Å²) >= 11 is 0. The van der Waals surface area contributed by atoms with E-state index in [4.69, 9.17) is 0 Å². The Morgan fingerprint density at radius 1 is 1.58 bits per heavy atom. The summed E-state index contributed by atoms with van der Waals surface area (Å²) < 4.78 is 12.3. The molecule has 1 heterocycles. The first-order valence-corrected chi connectivity index (χ1v) is 6.65. The van der Waals surface area contributed by atoms with Crippen molar-refractivity contribution in [3.8, 4) is 0 Å². The van der Waals surface area contributed by atoms with E-state index in [0.717, 1.165) is 25.6 Å². The monoisotopic (exact) mass is 266 g/mol. The smallest absolute Gasteiger partial charge is 0.181 e. The third kappa shape index (κ3) is 4.02. The minimum absolute atomic E-state index is 0.00395. The number of likely N-dealkylation sites (tertiary alicyclic amines) is 1. The molecule has 0 amide bonds. The molecule has 1 fully saturated rings. The van der Waals surface area contributed by atoms with Crippen molar-refractivity contribution >= 4 is 12.1 Å². The fraction of sp³-hybridized carbons (Fsp3) is 0.692. The number of hydrogen-bond donors (Lipinski definition) is 0. The van der Waals surface area contributed by atoms with Gasteiger partial charge in [-0.05, 0) is 18.8 Å². The van der Waals surface area contributed by atoms with Crippen LogP contribution in [-0.2, 0) is 0 Å². The average molecular weight is 266 g/mol. The first kappa shape index (κ1) is 14.0. The zero-order valence-electron chi connectivity index (χ0n) is 11.0. The van der Waals surface area contributed by atoms with Crippen molar-refractivity contribution in [2.45, 2.75) is 19.3 Å². The Balaban J connectivity index is 1.79. The zero-order valence-corrected chi connectivity index (χ0v) is 11.0. The van der Waals surface area contributed by atoms with Crippen molar-refractivity contribution in [1.82, 2.24) is 4.90 Å². The molecule has 1 aliphatic carbocycles. The molecule has 6 heteroatoms. The van der Waals surface area contributed by atoms with Gasteiger partial charge in [-0.2, -0.15) is 4.91 Å². The van der Waals surface area contributed by atoms with Gasteiger partial charge in [-0.15, -0.1) is 0 Å². The molecule has 0 bridgehead atoms. The van der Waals surface area contributed by atoms with Crippen LogP contribution in [0.5, 0.6) is 0 Å². The Hall–Kier alpha value is -1.43. The summed E-state index contributed by atoms with van der Waals surface area (Å²) in [5.74, 6) is 1.18. The van der Waals surface area contributed by atoms with Crippen molar-refractivity contribution in [3.05, 3.63) is 16.6 Å². The van der Waals surface area contributed by atoms with Crippen LogP contribution < -0.4 is 0 Å². The molecule has 2 aliphatic rings. The summed E-state index contributed by atoms with van der Waals surface area (Å²) in [5.41, 5.74) is 1.55. The number of halogens is 1. The lowest BCUT2D eigenvalue weighted by molar-refractivity contribution is 0.330.